The van der Waals surface area contributed by atoms with Crippen molar-refractivity contribution in [3.63, 3.8) is 0 Å². The normalized spacial score (nSPS) is 15.7. The fourth-order valence-electron chi connectivity index (χ4n) is 2.73. The third kappa shape index (κ3) is 3.03. The van der Waals surface area contributed by atoms with Crippen LogP contribution in [0, 0.1) is 6.92 Å². The maximum absolute atomic E-state index is 12.5. The molecule has 0 bridgehead atoms. The number of nitrogens with zero attached hydrogens (tertiary/aromatic N) is 3. The molecule has 138 valence electrons. The van der Waals surface area contributed by atoms with Gasteiger partial charge in [0.15, 0.2) is 17.6 Å². The average Bonchev–Trinajstić information content (AvgIpc) is 3.24. The highest BCUT2D eigenvalue weighted by atomic mass is 16.5. The lowest BCUT2D eigenvalue weighted by Crippen LogP contribution is -2.34. The number of carbonyl (C=O) groups excluding carboxylic acids is 2. The highest BCUT2D eigenvalue weighted by Gasteiger charge is 2.24. The van der Waals surface area contributed by atoms with E-state index in [1.807, 2.05) is 14.0 Å². The lowest BCUT2D eigenvalue weighted by Gasteiger charge is -2.23. The first-order chi connectivity index (χ1) is 12.9. The quantitative estimate of drug-likeness (QED) is 0.735. The van der Waals surface area contributed by atoms with Crippen LogP contribution >= 0.6 is 0 Å². The van der Waals surface area contributed by atoms with Crippen molar-refractivity contribution in [2.24, 2.45) is 7.05 Å². The summed E-state index contributed by atoms with van der Waals surface area (Å²) in [4.78, 5) is 24.2. The van der Waals surface area contributed by atoms with Gasteiger partial charge < -0.3 is 19.9 Å². The number of aryl methyl sites for hydroxylation is 1. The zero-order valence-corrected chi connectivity index (χ0v) is 14.9. The number of nitrogens with one attached hydrogen (secondary N) is 2. The first-order valence-corrected chi connectivity index (χ1v) is 8.31. The van der Waals surface area contributed by atoms with Gasteiger partial charge in [-0.3, -0.25) is 14.3 Å². The van der Waals surface area contributed by atoms with Crippen LogP contribution in [0.2, 0.25) is 0 Å². The molecule has 2 aromatic heterocycles. The largest absolute Gasteiger partial charge is 0.479 e. The molecule has 1 aliphatic heterocycles. The molecule has 0 spiro atoms. The first-order valence-electron chi connectivity index (χ1n) is 8.31. The molecule has 0 aliphatic carbocycles. The molecule has 0 saturated carbocycles. The van der Waals surface area contributed by atoms with Crippen LogP contribution in [-0.4, -0.2) is 32.9 Å². The summed E-state index contributed by atoms with van der Waals surface area (Å²) in [7, 11) is 1.82. The van der Waals surface area contributed by atoms with E-state index in [2.05, 4.69) is 20.9 Å². The van der Waals surface area contributed by atoms with E-state index in [-0.39, 0.29) is 11.6 Å². The monoisotopic (exact) mass is 367 g/mol. The van der Waals surface area contributed by atoms with Crippen LogP contribution in [0.3, 0.4) is 0 Å². The van der Waals surface area contributed by atoms with E-state index in [1.54, 1.807) is 42.1 Å². The number of hydrogen-bond acceptors (Lipinski definition) is 6. The number of carbonyl (C=O) groups is 2. The zero-order chi connectivity index (χ0) is 19.1. The highest BCUT2D eigenvalue weighted by molar-refractivity contribution is 6.04. The van der Waals surface area contributed by atoms with Crippen LogP contribution in [0.1, 0.15) is 23.1 Å². The number of fused-ring (bicyclic) bond motifs is 1. The van der Waals surface area contributed by atoms with Crippen LogP contribution in [0.25, 0.3) is 11.3 Å². The van der Waals surface area contributed by atoms with Crippen molar-refractivity contribution in [2.75, 3.05) is 10.6 Å². The molecule has 0 unspecified atom stereocenters. The van der Waals surface area contributed by atoms with E-state index >= 15 is 0 Å². The molecule has 3 aromatic rings. The van der Waals surface area contributed by atoms with Crippen LogP contribution < -0.4 is 15.4 Å². The average molecular weight is 367 g/mol. The van der Waals surface area contributed by atoms with Crippen molar-refractivity contribution in [3.05, 3.63) is 41.9 Å². The summed E-state index contributed by atoms with van der Waals surface area (Å²) < 4.78 is 12.5. The first kappa shape index (κ1) is 16.8. The smallest absolute Gasteiger partial charge is 0.277 e. The van der Waals surface area contributed by atoms with Gasteiger partial charge in [0.05, 0.1) is 17.4 Å². The Bertz CT molecular complexity index is 1050. The summed E-state index contributed by atoms with van der Waals surface area (Å²) in [6.07, 6.45) is 1.10. The van der Waals surface area contributed by atoms with Crippen LogP contribution in [0.4, 0.5) is 11.4 Å². The van der Waals surface area contributed by atoms with E-state index in [0.29, 0.717) is 22.9 Å². The Hall–Kier alpha value is -3.62. The van der Waals surface area contributed by atoms with Crippen LogP contribution in [0.15, 0.2) is 35.0 Å². The summed E-state index contributed by atoms with van der Waals surface area (Å²) in [6, 6.07) is 6.56. The van der Waals surface area contributed by atoms with Gasteiger partial charge in [-0.2, -0.15) is 5.10 Å². The SMILES string of the molecule is Cc1c(-c2cc(C(=O)Nc3ccc4c(c3)NC(=O)[C@@H](C)O4)no2)cnn1C. The Labute approximate surface area is 154 Å². The summed E-state index contributed by atoms with van der Waals surface area (Å²) in [5.41, 5.74) is 2.81. The fourth-order valence-corrected chi connectivity index (χ4v) is 2.73. The molecule has 0 fully saturated rings. The van der Waals surface area contributed by atoms with E-state index in [1.165, 1.54) is 0 Å². The predicted octanol–water partition coefficient (Wildman–Crippen LogP) is 2.36. The molecule has 3 heterocycles. The van der Waals surface area contributed by atoms with Gasteiger partial charge in [0.25, 0.3) is 11.8 Å². The number of aromatic nitrogens is 3. The summed E-state index contributed by atoms with van der Waals surface area (Å²) in [5, 5.41) is 13.4. The predicted molar refractivity (Wildman–Crippen MR) is 96.6 cm³/mol. The third-order valence-corrected chi connectivity index (χ3v) is 4.41. The van der Waals surface area contributed by atoms with E-state index in [9.17, 15) is 9.59 Å². The van der Waals surface area contributed by atoms with Crippen molar-refractivity contribution in [3.8, 4) is 17.1 Å². The molecule has 2 N–H and O–H groups in total. The summed E-state index contributed by atoms with van der Waals surface area (Å²) >= 11 is 0. The number of anilines is 2. The van der Waals surface area contributed by atoms with Gasteiger partial charge in [-0.25, -0.2) is 0 Å². The lowest BCUT2D eigenvalue weighted by atomic mass is 10.2. The van der Waals surface area contributed by atoms with Crippen LogP contribution in [0.5, 0.6) is 5.75 Å². The minimum Gasteiger partial charge on any atom is -0.479 e. The number of benzene rings is 1. The second kappa shape index (κ2) is 6.27. The highest BCUT2D eigenvalue weighted by Crippen LogP contribution is 2.32. The van der Waals surface area contributed by atoms with Crippen LogP contribution in [-0.2, 0) is 11.8 Å². The maximum atomic E-state index is 12.5. The zero-order valence-electron chi connectivity index (χ0n) is 14.9. The lowest BCUT2D eigenvalue weighted by molar-refractivity contribution is -0.122. The maximum Gasteiger partial charge on any atom is 0.277 e. The number of hydrogen-bond donors (Lipinski definition) is 2. The van der Waals surface area contributed by atoms with Gasteiger partial charge in [-0.1, -0.05) is 5.16 Å². The second-order valence-corrected chi connectivity index (χ2v) is 6.26. The Kier molecular flexibility index (Phi) is 3.91. The summed E-state index contributed by atoms with van der Waals surface area (Å²) in [5.74, 6) is 0.351. The van der Waals surface area contributed by atoms with Crippen molar-refractivity contribution < 1.29 is 18.8 Å². The molecule has 2 amide bonds. The van der Waals surface area contributed by atoms with Gasteiger partial charge >= 0.3 is 0 Å². The molecule has 0 saturated heterocycles. The van der Waals surface area contributed by atoms with Gasteiger partial charge in [-0.15, -0.1) is 0 Å². The Balaban J connectivity index is 1.53. The van der Waals surface area contributed by atoms with Crippen molar-refractivity contribution in [1.82, 2.24) is 14.9 Å². The van der Waals surface area contributed by atoms with E-state index < -0.39 is 12.0 Å². The molecule has 27 heavy (non-hydrogen) atoms. The molecule has 1 atom stereocenters. The third-order valence-electron chi connectivity index (χ3n) is 4.41. The number of rotatable bonds is 3. The topological polar surface area (TPSA) is 111 Å². The molecule has 4 rings (SSSR count). The molecule has 1 aromatic carbocycles. The van der Waals surface area contributed by atoms with Gasteiger partial charge in [0.1, 0.15) is 5.75 Å². The fraction of sp³-hybridized carbons (Fsp3) is 0.222. The minimum absolute atomic E-state index is 0.139. The van der Waals surface area contributed by atoms with Gasteiger partial charge in [-0.05, 0) is 32.0 Å². The second-order valence-electron chi connectivity index (χ2n) is 6.26. The molecule has 1 aliphatic rings. The Morgan fingerprint density at radius 2 is 2.15 bits per heavy atom. The standard InChI is InChI=1S/C18H17N5O4/c1-9-12(8-19-23(9)3)16-7-14(22-27-16)18(25)20-11-4-5-15-13(6-11)21-17(24)10(2)26-15/h4-8,10H,1-3H3,(H,20,25)(H,21,24)/t10-/m1/s1. The number of amides is 2. The Morgan fingerprint density at radius 1 is 1.33 bits per heavy atom. The van der Waals surface area contributed by atoms with Crippen molar-refractivity contribution in [1.29, 1.82) is 0 Å². The Morgan fingerprint density at radius 3 is 2.89 bits per heavy atom. The van der Waals surface area contributed by atoms with E-state index in [4.69, 9.17) is 9.26 Å². The molecule has 9 nitrogen and oxygen atoms in total. The number of ether oxygens (including phenoxy) is 1. The van der Waals surface area contributed by atoms with Gasteiger partial charge in [0.2, 0.25) is 0 Å². The van der Waals surface area contributed by atoms with Crippen molar-refractivity contribution >= 4 is 23.2 Å². The molecular weight excluding hydrogens is 350 g/mol. The van der Waals surface area contributed by atoms with E-state index in [0.717, 1.165) is 11.3 Å². The van der Waals surface area contributed by atoms with Gasteiger partial charge in [0, 0.05) is 24.5 Å². The van der Waals surface area contributed by atoms with Crippen molar-refractivity contribution in [2.45, 2.75) is 20.0 Å². The molecular formula is C18H17N5O4. The molecule has 9 heteroatoms. The summed E-state index contributed by atoms with van der Waals surface area (Å²) in [6.45, 7) is 3.56. The minimum atomic E-state index is -0.553. The molecule has 0 radical (unpaired) electrons.